The van der Waals surface area contributed by atoms with Crippen molar-refractivity contribution in [1.29, 1.82) is 0 Å². The Hall–Kier alpha value is -2.32. The number of pyridine rings is 1. The standard InChI is InChI=1S/C25H33F3N4O/c1-16(14-33-2)31-17-3-5-18(6-4-17)32-24-12-21(23(27)13-29-24)20-11-19(7-8-22(20)26)30-15-25(28)9-10-25/h7-8,11-13,16-18,30-31H,3-6,9-10,14-15H2,1-2H3,(H,29,32)/t16-,17-,18-/m0/s1. The van der Waals surface area contributed by atoms with Gasteiger partial charge < -0.3 is 20.7 Å². The first kappa shape index (κ1) is 23.8. The highest BCUT2D eigenvalue weighted by Crippen LogP contribution is 2.40. The lowest BCUT2D eigenvalue weighted by Crippen LogP contribution is -2.42. The maximum absolute atomic E-state index is 14.6. The van der Waals surface area contributed by atoms with Gasteiger partial charge >= 0.3 is 0 Å². The second-order valence-electron chi connectivity index (χ2n) is 9.46. The molecule has 1 aromatic heterocycles. The number of rotatable bonds is 10. The molecule has 2 fully saturated rings. The lowest BCUT2D eigenvalue weighted by molar-refractivity contribution is 0.161. The lowest BCUT2D eigenvalue weighted by atomic mass is 9.90. The Morgan fingerprint density at radius 1 is 1.06 bits per heavy atom. The minimum atomic E-state index is -1.18. The molecule has 2 saturated carbocycles. The number of halogens is 3. The average Bonchev–Trinajstić information content (AvgIpc) is 3.53. The Morgan fingerprint density at radius 3 is 2.45 bits per heavy atom. The average molecular weight is 463 g/mol. The van der Waals surface area contributed by atoms with Gasteiger partial charge in [0.2, 0.25) is 0 Å². The molecule has 1 aromatic carbocycles. The molecule has 0 bridgehead atoms. The number of benzene rings is 1. The predicted molar refractivity (Wildman–Crippen MR) is 125 cm³/mol. The molecule has 0 radical (unpaired) electrons. The Balaban J connectivity index is 1.40. The molecule has 4 rings (SSSR count). The number of alkyl halides is 1. The number of anilines is 2. The van der Waals surface area contributed by atoms with Crippen LogP contribution in [0.4, 0.5) is 24.7 Å². The number of aromatic nitrogens is 1. The molecule has 3 N–H and O–H groups in total. The van der Waals surface area contributed by atoms with E-state index in [0.717, 1.165) is 31.9 Å². The van der Waals surface area contributed by atoms with E-state index >= 15 is 0 Å². The SMILES string of the molecule is COC[C@H](C)N[C@H]1CC[C@H](Nc2cc(-c3cc(NCC4(F)CC4)ccc3F)c(F)cn2)CC1. The molecule has 1 atom stereocenters. The molecule has 0 unspecified atom stereocenters. The molecular formula is C25H33F3N4O. The molecule has 0 amide bonds. The van der Waals surface area contributed by atoms with E-state index in [1.807, 2.05) is 0 Å². The topological polar surface area (TPSA) is 58.2 Å². The van der Waals surface area contributed by atoms with Gasteiger partial charge in [0.05, 0.1) is 12.8 Å². The Kier molecular flexibility index (Phi) is 7.44. The van der Waals surface area contributed by atoms with Crippen molar-refractivity contribution in [3.63, 3.8) is 0 Å². The van der Waals surface area contributed by atoms with Crippen LogP contribution in [0.5, 0.6) is 0 Å². The molecule has 0 spiro atoms. The second kappa shape index (κ2) is 10.3. The number of nitrogens with one attached hydrogen (secondary N) is 3. The highest BCUT2D eigenvalue weighted by Gasteiger charge is 2.42. The zero-order chi connectivity index (χ0) is 23.4. The minimum absolute atomic E-state index is 0.131. The zero-order valence-electron chi connectivity index (χ0n) is 19.3. The molecule has 180 valence electrons. The maximum Gasteiger partial charge on any atom is 0.149 e. The van der Waals surface area contributed by atoms with Crippen LogP contribution >= 0.6 is 0 Å². The quantitative estimate of drug-likeness (QED) is 0.448. The molecule has 1 heterocycles. The van der Waals surface area contributed by atoms with E-state index in [1.54, 1.807) is 19.2 Å². The van der Waals surface area contributed by atoms with Crippen molar-refractivity contribution in [3.8, 4) is 11.1 Å². The third-order valence-electron chi connectivity index (χ3n) is 6.53. The van der Waals surface area contributed by atoms with Crippen molar-refractivity contribution in [2.45, 2.75) is 69.2 Å². The number of hydrogen-bond donors (Lipinski definition) is 3. The summed E-state index contributed by atoms with van der Waals surface area (Å²) < 4.78 is 48.3. The summed E-state index contributed by atoms with van der Waals surface area (Å²) in [7, 11) is 1.70. The lowest BCUT2D eigenvalue weighted by Gasteiger charge is -2.31. The van der Waals surface area contributed by atoms with Crippen LogP contribution in [0.2, 0.25) is 0 Å². The molecular weight excluding hydrogens is 429 g/mol. The summed E-state index contributed by atoms with van der Waals surface area (Å²) in [5.74, 6) is -0.607. The number of methoxy groups -OCH3 is 1. The highest BCUT2D eigenvalue weighted by molar-refractivity contribution is 5.71. The van der Waals surface area contributed by atoms with Gasteiger partial charge in [-0.15, -0.1) is 0 Å². The van der Waals surface area contributed by atoms with E-state index in [1.165, 1.54) is 12.1 Å². The Bertz CT molecular complexity index is 945. The van der Waals surface area contributed by atoms with Crippen molar-refractivity contribution in [2.24, 2.45) is 0 Å². The van der Waals surface area contributed by atoms with Crippen LogP contribution in [0, 0.1) is 11.6 Å². The van der Waals surface area contributed by atoms with Crippen molar-refractivity contribution in [3.05, 3.63) is 42.1 Å². The fraction of sp³-hybridized carbons (Fsp3) is 0.560. The fourth-order valence-corrected chi connectivity index (χ4v) is 4.45. The predicted octanol–water partition coefficient (Wildman–Crippen LogP) is 5.29. The molecule has 5 nitrogen and oxygen atoms in total. The fourth-order valence-electron chi connectivity index (χ4n) is 4.45. The van der Waals surface area contributed by atoms with Crippen molar-refractivity contribution >= 4 is 11.5 Å². The van der Waals surface area contributed by atoms with E-state index in [2.05, 4.69) is 27.9 Å². The zero-order valence-corrected chi connectivity index (χ0v) is 19.3. The first-order valence-corrected chi connectivity index (χ1v) is 11.7. The van der Waals surface area contributed by atoms with Gasteiger partial charge in [-0.1, -0.05) is 0 Å². The van der Waals surface area contributed by atoms with Gasteiger partial charge in [0.1, 0.15) is 23.1 Å². The molecule has 8 heteroatoms. The first-order valence-electron chi connectivity index (χ1n) is 11.7. The largest absolute Gasteiger partial charge is 0.383 e. The maximum atomic E-state index is 14.6. The van der Waals surface area contributed by atoms with Gasteiger partial charge in [0.15, 0.2) is 0 Å². The van der Waals surface area contributed by atoms with Crippen LogP contribution < -0.4 is 16.0 Å². The minimum Gasteiger partial charge on any atom is -0.383 e. The van der Waals surface area contributed by atoms with Gasteiger partial charge in [-0.05, 0) is 69.7 Å². The van der Waals surface area contributed by atoms with Crippen LogP contribution in [-0.4, -0.2) is 49.0 Å². The van der Waals surface area contributed by atoms with E-state index in [4.69, 9.17) is 4.74 Å². The van der Waals surface area contributed by atoms with Crippen LogP contribution in [0.25, 0.3) is 11.1 Å². The molecule has 33 heavy (non-hydrogen) atoms. The first-order chi connectivity index (χ1) is 15.8. The van der Waals surface area contributed by atoms with Gasteiger partial charge in [-0.25, -0.2) is 18.2 Å². The van der Waals surface area contributed by atoms with Crippen molar-refractivity contribution in [2.75, 3.05) is 30.9 Å². The smallest absolute Gasteiger partial charge is 0.149 e. The van der Waals surface area contributed by atoms with Gasteiger partial charge in [0.25, 0.3) is 0 Å². The number of nitrogens with zero attached hydrogens (tertiary/aromatic N) is 1. The summed E-state index contributed by atoms with van der Waals surface area (Å²) in [6.45, 7) is 2.97. The Labute approximate surface area is 193 Å². The summed E-state index contributed by atoms with van der Waals surface area (Å²) in [4.78, 5) is 4.17. The Morgan fingerprint density at radius 2 is 1.76 bits per heavy atom. The van der Waals surface area contributed by atoms with Gasteiger partial charge in [-0.3, -0.25) is 0 Å². The summed E-state index contributed by atoms with van der Waals surface area (Å²) in [6, 6.07) is 6.90. The summed E-state index contributed by atoms with van der Waals surface area (Å²) in [6.07, 6.45) is 6.17. The molecule has 2 aromatic rings. The molecule has 2 aliphatic rings. The van der Waals surface area contributed by atoms with Crippen LogP contribution in [0.15, 0.2) is 30.5 Å². The van der Waals surface area contributed by atoms with Crippen LogP contribution in [-0.2, 0) is 4.74 Å². The molecule has 2 aliphatic carbocycles. The number of ether oxygens (including phenoxy) is 1. The summed E-state index contributed by atoms with van der Waals surface area (Å²) >= 11 is 0. The molecule has 0 saturated heterocycles. The van der Waals surface area contributed by atoms with Gasteiger partial charge in [0, 0.05) is 48.6 Å². The summed E-state index contributed by atoms with van der Waals surface area (Å²) in [5.41, 5.74) is -0.343. The third-order valence-corrected chi connectivity index (χ3v) is 6.53. The second-order valence-corrected chi connectivity index (χ2v) is 9.46. The van der Waals surface area contributed by atoms with E-state index in [0.29, 0.717) is 43.0 Å². The monoisotopic (exact) mass is 462 g/mol. The van der Waals surface area contributed by atoms with E-state index in [-0.39, 0.29) is 23.7 Å². The number of hydrogen-bond acceptors (Lipinski definition) is 5. The van der Waals surface area contributed by atoms with Gasteiger partial charge in [-0.2, -0.15) is 0 Å². The highest BCUT2D eigenvalue weighted by atomic mass is 19.1. The summed E-state index contributed by atoms with van der Waals surface area (Å²) in [5, 5.41) is 9.98. The molecule has 0 aliphatic heterocycles. The van der Waals surface area contributed by atoms with Crippen LogP contribution in [0.3, 0.4) is 0 Å². The third kappa shape index (κ3) is 6.38. The van der Waals surface area contributed by atoms with Crippen LogP contribution in [0.1, 0.15) is 45.4 Å². The normalized spacial score (nSPS) is 22.6. The van der Waals surface area contributed by atoms with Crippen molar-refractivity contribution < 1.29 is 17.9 Å². The van der Waals surface area contributed by atoms with E-state index < -0.39 is 17.3 Å². The van der Waals surface area contributed by atoms with Crippen molar-refractivity contribution in [1.82, 2.24) is 10.3 Å². The van der Waals surface area contributed by atoms with E-state index in [9.17, 15) is 13.2 Å².